The van der Waals surface area contributed by atoms with Gasteiger partial charge in [-0.1, -0.05) is 36.0 Å². The maximum Gasteiger partial charge on any atom is 0.133 e. The van der Waals surface area contributed by atoms with Crippen molar-refractivity contribution in [1.82, 2.24) is 4.98 Å². The van der Waals surface area contributed by atoms with Gasteiger partial charge in [0.05, 0.1) is 0 Å². The maximum absolute atomic E-state index is 13.7. The molecule has 0 aliphatic rings. The summed E-state index contributed by atoms with van der Waals surface area (Å²) in [5.41, 5.74) is 0.837. The molecular formula is C14H10FNS. The number of nitrogens with one attached hydrogen (secondary N) is 1. The zero-order valence-electron chi connectivity index (χ0n) is 8.98. The second kappa shape index (κ2) is 4.26. The SMILES string of the molecule is Fc1cccc2[nH]cc(Sc3ccccc3)c12. The van der Waals surface area contributed by atoms with Crippen LogP contribution < -0.4 is 0 Å². The van der Waals surface area contributed by atoms with Crippen LogP contribution in [0.3, 0.4) is 0 Å². The average Bonchev–Trinajstić information content (AvgIpc) is 2.75. The number of aromatic amines is 1. The van der Waals surface area contributed by atoms with Crippen LogP contribution in [-0.4, -0.2) is 4.98 Å². The Hall–Kier alpha value is -1.74. The Kier molecular flexibility index (Phi) is 2.61. The highest BCUT2D eigenvalue weighted by Gasteiger charge is 2.09. The van der Waals surface area contributed by atoms with Crippen LogP contribution in [0.5, 0.6) is 0 Å². The third-order valence-electron chi connectivity index (χ3n) is 2.59. The number of fused-ring (bicyclic) bond motifs is 1. The van der Waals surface area contributed by atoms with E-state index in [1.54, 1.807) is 17.8 Å². The first kappa shape index (κ1) is 10.4. The molecule has 0 saturated carbocycles. The second-order valence-corrected chi connectivity index (χ2v) is 4.85. The lowest BCUT2D eigenvalue weighted by molar-refractivity contribution is 0.638. The summed E-state index contributed by atoms with van der Waals surface area (Å²) >= 11 is 1.57. The molecule has 3 rings (SSSR count). The molecule has 1 aromatic heterocycles. The lowest BCUT2D eigenvalue weighted by Crippen LogP contribution is -1.77. The minimum Gasteiger partial charge on any atom is -0.360 e. The summed E-state index contributed by atoms with van der Waals surface area (Å²) in [6, 6.07) is 15.1. The van der Waals surface area contributed by atoms with Gasteiger partial charge in [0.1, 0.15) is 5.82 Å². The molecule has 0 bridgehead atoms. The Balaban J connectivity index is 2.07. The highest BCUT2D eigenvalue weighted by molar-refractivity contribution is 7.99. The zero-order chi connectivity index (χ0) is 11.7. The van der Waals surface area contributed by atoms with Crippen LogP contribution in [0.25, 0.3) is 10.9 Å². The average molecular weight is 243 g/mol. The molecule has 1 nitrogen and oxygen atoms in total. The van der Waals surface area contributed by atoms with Crippen molar-refractivity contribution in [3.8, 4) is 0 Å². The van der Waals surface area contributed by atoms with Gasteiger partial charge in [-0.3, -0.25) is 0 Å². The van der Waals surface area contributed by atoms with Crippen molar-refractivity contribution in [3.05, 3.63) is 60.5 Å². The molecule has 0 aliphatic carbocycles. The van der Waals surface area contributed by atoms with Crippen LogP contribution in [0.4, 0.5) is 4.39 Å². The number of aromatic nitrogens is 1. The molecule has 0 aliphatic heterocycles. The van der Waals surface area contributed by atoms with Crippen LogP contribution in [0, 0.1) is 5.82 Å². The summed E-state index contributed by atoms with van der Waals surface area (Å²) < 4.78 is 13.7. The number of H-pyrrole nitrogens is 1. The molecule has 3 heteroatoms. The first-order valence-corrected chi connectivity index (χ1v) is 6.15. The van der Waals surface area contributed by atoms with E-state index in [1.165, 1.54) is 6.07 Å². The van der Waals surface area contributed by atoms with Crippen LogP contribution in [0.1, 0.15) is 0 Å². The normalized spacial score (nSPS) is 10.9. The van der Waals surface area contributed by atoms with E-state index >= 15 is 0 Å². The van der Waals surface area contributed by atoms with Gasteiger partial charge in [0.2, 0.25) is 0 Å². The monoisotopic (exact) mass is 243 g/mol. The lowest BCUT2D eigenvalue weighted by atomic mass is 10.2. The van der Waals surface area contributed by atoms with Gasteiger partial charge in [0.25, 0.3) is 0 Å². The van der Waals surface area contributed by atoms with E-state index in [0.29, 0.717) is 5.39 Å². The summed E-state index contributed by atoms with van der Waals surface area (Å²) in [6.45, 7) is 0. The minimum absolute atomic E-state index is 0.179. The van der Waals surface area contributed by atoms with E-state index in [4.69, 9.17) is 0 Å². The predicted octanol–water partition coefficient (Wildman–Crippen LogP) is 4.46. The lowest BCUT2D eigenvalue weighted by Gasteiger charge is -2.00. The second-order valence-electron chi connectivity index (χ2n) is 3.73. The van der Waals surface area contributed by atoms with Crippen LogP contribution >= 0.6 is 11.8 Å². The molecule has 1 heterocycles. The van der Waals surface area contributed by atoms with Gasteiger partial charge < -0.3 is 4.98 Å². The molecule has 0 radical (unpaired) electrons. The Morgan fingerprint density at radius 2 is 1.76 bits per heavy atom. The molecule has 0 atom stereocenters. The molecule has 0 fully saturated rings. The maximum atomic E-state index is 13.7. The summed E-state index contributed by atoms with van der Waals surface area (Å²) in [6.07, 6.45) is 1.85. The van der Waals surface area contributed by atoms with E-state index in [0.717, 1.165) is 15.3 Å². The van der Waals surface area contributed by atoms with Crippen molar-refractivity contribution in [1.29, 1.82) is 0 Å². The number of rotatable bonds is 2. The Labute approximate surface area is 103 Å². The molecule has 17 heavy (non-hydrogen) atoms. The van der Waals surface area contributed by atoms with Crippen molar-refractivity contribution in [3.63, 3.8) is 0 Å². The molecule has 3 aromatic rings. The minimum atomic E-state index is -0.179. The van der Waals surface area contributed by atoms with Gasteiger partial charge in [0.15, 0.2) is 0 Å². The molecule has 0 saturated heterocycles. The number of halogens is 1. The van der Waals surface area contributed by atoms with Gasteiger partial charge in [-0.05, 0) is 24.3 Å². The molecule has 0 amide bonds. The van der Waals surface area contributed by atoms with Crippen molar-refractivity contribution in [2.24, 2.45) is 0 Å². The first-order valence-electron chi connectivity index (χ1n) is 5.33. The molecule has 1 N–H and O–H groups in total. The summed E-state index contributed by atoms with van der Waals surface area (Å²) in [4.78, 5) is 5.12. The largest absolute Gasteiger partial charge is 0.360 e. The zero-order valence-corrected chi connectivity index (χ0v) is 9.80. The number of hydrogen-bond acceptors (Lipinski definition) is 1. The molecular weight excluding hydrogens is 233 g/mol. The van der Waals surface area contributed by atoms with Gasteiger partial charge in [-0.15, -0.1) is 0 Å². The van der Waals surface area contributed by atoms with Gasteiger partial charge in [-0.25, -0.2) is 4.39 Å². The van der Waals surface area contributed by atoms with E-state index < -0.39 is 0 Å². The summed E-state index contributed by atoms with van der Waals surface area (Å²) in [7, 11) is 0. The quantitative estimate of drug-likeness (QED) is 0.702. The molecule has 84 valence electrons. The Bertz CT molecular complexity index is 646. The van der Waals surface area contributed by atoms with Crippen LogP contribution in [-0.2, 0) is 0 Å². The van der Waals surface area contributed by atoms with E-state index in [9.17, 15) is 4.39 Å². The summed E-state index contributed by atoms with van der Waals surface area (Å²) in [5, 5.41) is 0.668. The van der Waals surface area contributed by atoms with Crippen molar-refractivity contribution in [2.45, 2.75) is 9.79 Å². The standard InChI is InChI=1S/C14H10FNS/c15-11-7-4-8-12-14(11)13(9-16-12)17-10-5-2-1-3-6-10/h1-9,16H. The smallest absolute Gasteiger partial charge is 0.133 e. The van der Waals surface area contributed by atoms with Crippen LogP contribution in [0.15, 0.2) is 64.5 Å². The van der Waals surface area contributed by atoms with E-state index in [2.05, 4.69) is 4.98 Å². The van der Waals surface area contributed by atoms with E-state index in [1.807, 2.05) is 42.6 Å². The Morgan fingerprint density at radius 1 is 0.941 bits per heavy atom. The van der Waals surface area contributed by atoms with Crippen molar-refractivity contribution >= 4 is 22.7 Å². The highest BCUT2D eigenvalue weighted by Crippen LogP contribution is 2.34. The third-order valence-corrected chi connectivity index (χ3v) is 3.64. The van der Waals surface area contributed by atoms with Crippen molar-refractivity contribution in [2.75, 3.05) is 0 Å². The van der Waals surface area contributed by atoms with Crippen LogP contribution in [0.2, 0.25) is 0 Å². The fourth-order valence-electron chi connectivity index (χ4n) is 1.81. The third kappa shape index (κ3) is 1.94. The van der Waals surface area contributed by atoms with Gasteiger partial charge in [-0.2, -0.15) is 0 Å². The molecule has 0 unspecified atom stereocenters. The predicted molar refractivity (Wildman–Crippen MR) is 68.8 cm³/mol. The van der Waals surface area contributed by atoms with Gasteiger partial charge >= 0.3 is 0 Å². The molecule has 0 spiro atoms. The fourth-order valence-corrected chi connectivity index (χ4v) is 2.78. The number of hydrogen-bond donors (Lipinski definition) is 1. The van der Waals surface area contributed by atoms with Gasteiger partial charge in [0, 0.05) is 26.9 Å². The topological polar surface area (TPSA) is 15.8 Å². The summed E-state index contributed by atoms with van der Waals surface area (Å²) in [5.74, 6) is -0.179. The molecule has 2 aromatic carbocycles. The van der Waals surface area contributed by atoms with E-state index in [-0.39, 0.29) is 5.82 Å². The number of benzene rings is 2. The fraction of sp³-hybridized carbons (Fsp3) is 0. The Morgan fingerprint density at radius 3 is 2.59 bits per heavy atom. The highest BCUT2D eigenvalue weighted by atomic mass is 32.2. The van der Waals surface area contributed by atoms with Crippen molar-refractivity contribution < 1.29 is 4.39 Å². The first-order chi connectivity index (χ1) is 8.34.